The van der Waals surface area contributed by atoms with Gasteiger partial charge in [0.05, 0.1) is 35.2 Å². The molecule has 1 amide bonds. The lowest BCUT2D eigenvalue weighted by atomic mass is 10.0. The zero-order valence-corrected chi connectivity index (χ0v) is 18.2. The first-order valence-electron chi connectivity index (χ1n) is 9.87. The molecule has 3 heterocycles. The second kappa shape index (κ2) is 7.14. The monoisotopic (exact) mass is 457 g/mol. The van der Waals surface area contributed by atoms with E-state index in [-0.39, 0.29) is 17.1 Å². The predicted molar refractivity (Wildman–Crippen MR) is 114 cm³/mol. The van der Waals surface area contributed by atoms with Gasteiger partial charge in [-0.25, -0.2) is 17.8 Å². The SMILES string of the molecule is CN(C(=O)c1cc2c3c(c(N)nc2cc1F)COC3)[C@H]1COc2cc(S(C)(=O)=O)ccc21. The molecule has 2 N–H and O–H groups in total. The Labute approximate surface area is 183 Å². The van der Waals surface area contributed by atoms with Crippen LogP contribution in [-0.2, 0) is 27.8 Å². The molecule has 0 saturated carbocycles. The van der Waals surface area contributed by atoms with Gasteiger partial charge in [0.1, 0.15) is 24.0 Å². The van der Waals surface area contributed by atoms with Crippen molar-refractivity contribution in [3.05, 3.63) is 58.4 Å². The summed E-state index contributed by atoms with van der Waals surface area (Å²) in [6, 6.07) is 6.76. The third-order valence-corrected chi connectivity index (χ3v) is 7.12. The number of hydrogen-bond acceptors (Lipinski definition) is 7. The fraction of sp³-hybridized carbons (Fsp3) is 0.273. The largest absolute Gasteiger partial charge is 0.491 e. The first-order valence-corrected chi connectivity index (χ1v) is 11.8. The van der Waals surface area contributed by atoms with E-state index in [0.29, 0.717) is 41.2 Å². The van der Waals surface area contributed by atoms with Crippen LogP contribution in [0.15, 0.2) is 35.2 Å². The van der Waals surface area contributed by atoms with Crippen molar-refractivity contribution >= 4 is 32.5 Å². The summed E-state index contributed by atoms with van der Waals surface area (Å²) < 4.78 is 49.6. The number of aromatic nitrogens is 1. The Morgan fingerprint density at radius 2 is 1.97 bits per heavy atom. The number of amides is 1. The van der Waals surface area contributed by atoms with Crippen LogP contribution in [-0.4, -0.2) is 44.1 Å². The highest BCUT2D eigenvalue weighted by molar-refractivity contribution is 7.90. The zero-order valence-electron chi connectivity index (χ0n) is 17.4. The van der Waals surface area contributed by atoms with E-state index in [1.54, 1.807) is 13.1 Å². The molecule has 166 valence electrons. The van der Waals surface area contributed by atoms with E-state index in [0.717, 1.165) is 17.4 Å². The molecular formula is C22H20FN3O5S. The summed E-state index contributed by atoms with van der Waals surface area (Å²) in [5.74, 6) is -0.533. The van der Waals surface area contributed by atoms with Gasteiger partial charge >= 0.3 is 0 Å². The number of carbonyl (C=O) groups excluding carboxylic acids is 1. The highest BCUT2D eigenvalue weighted by Gasteiger charge is 2.33. The van der Waals surface area contributed by atoms with Crippen LogP contribution in [0, 0.1) is 5.82 Å². The van der Waals surface area contributed by atoms with Crippen LogP contribution >= 0.6 is 0 Å². The van der Waals surface area contributed by atoms with Crippen molar-refractivity contribution in [3.63, 3.8) is 0 Å². The van der Waals surface area contributed by atoms with Crippen molar-refractivity contribution in [2.24, 2.45) is 0 Å². The van der Waals surface area contributed by atoms with E-state index in [1.807, 2.05) is 0 Å². The summed E-state index contributed by atoms with van der Waals surface area (Å²) in [4.78, 5) is 19.0. The topological polar surface area (TPSA) is 112 Å². The average Bonchev–Trinajstić information content (AvgIpc) is 3.39. The van der Waals surface area contributed by atoms with Gasteiger partial charge < -0.3 is 20.1 Å². The van der Waals surface area contributed by atoms with Crippen LogP contribution in [0.1, 0.15) is 33.1 Å². The highest BCUT2D eigenvalue weighted by atomic mass is 32.2. The van der Waals surface area contributed by atoms with Crippen molar-refractivity contribution < 1.29 is 27.1 Å². The average molecular weight is 457 g/mol. The van der Waals surface area contributed by atoms with Crippen molar-refractivity contribution in [3.8, 4) is 5.75 Å². The summed E-state index contributed by atoms with van der Waals surface area (Å²) >= 11 is 0. The summed E-state index contributed by atoms with van der Waals surface area (Å²) in [6.07, 6.45) is 1.11. The van der Waals surface area contributed by atoms with E-state index >= 15 is 0 Å². The normalized spacial score (nSPS) is 17.2. The summed E-state index contributed by atoms with van der Waals surface area (Å²) in [5, 5.41) is 0.630. The van der Waals surface area contributed by atoms with Crippen molar-refractivity contribution in [2.75, 3.05) is 25.6 Å². The smallest absolute Gasteiger partial charge is 0.257 e. The Morgan fingerprint density at radius 3 is 2.72 bits per heavy atom. The molecule has 0 bridgehead atoms. The number of hydrogen-bond donors (Lipinski definition) is 1. The Bertz CT molecular complexity index is 1410. The number of halogens is 1. The second-order valence-electron chi connectivity index (χ2n) is 8.01. The van der Waals surface area contributed by atoms with Gasteiger partial charge in [0.25, 0.3) is 5.91 Å². The molecule has 5 rings (SSSR count). The minimum Gasteiger partial charge on any atom is -0.491 e. The number of pyridine rings is 1. The molecule has 0 aliphatic carbocycles. The number of nitrogen functional groups attached to an aromatic ring is 1. The number of benzene rings is 2. The van der Waals surface area contributed by atoms with Crippen molar-refractivity contribution in [1.82, 2.24) is 9.88 Å². The molecule has 8 nitrogen and oxygen atoms in total. The lowest BCUT2D eigenvalue weighted by Crippen LogP contribution is -2.32. The zero-order chi connectivity index (χ0) is 22.8. The third kappa shape index (κ3) is 3.18. The second-order valence-corrected chi connectivity index (χ2v) is 10.0. The van der Waals surface area contributed by atoms with E-state index < -0.39 is 27.6 Å². The molecule has 0 radical (unpaired) electrons. The Balaban J connectivity index is 1.52. The molecule has 3 aromatic rings. The molecule has 0 spiro atoms. The number of sulfone groups is 1. The number of fused-ring (bicyclic) bond motifs is 4. The van der Waals surface area contributed by atoms with Crippen molar-refractivity contribution in [2.45, 2.75) is 24.2 Å². The van der Waals surface area contributed by atoms with Gasteiger partial charge in [-0.3, -0.25) is 4.79 Å². The molecule has 0 unspecified atom stereocenters. The molecule has 1 atom stereocenters. The van der Waals surface area contributed by atoms with E-state index in [1.165, 1.54) is 29.2 Å². The number of nitrogens with two attached hydrogens (primary N) is 1. The van der Waals surface area contributed by atoms with Crippen LogP contribution in [0.25, 0.3) is 10.9 Å². The van der Waals surface area contributed by atoms with Crippen LogP contribution in [0.4, 0.5) is 10.2 Å². The van der Waals surface area contributed by atoms with Gasteiger partial charge in [-0.2, -0.15) is 0 Å². The van der Waals surface area contributed by atoms with Crippen LogP contribution in [0.3, 0.4) is 0 Å². The van der Waals surface area contributed by atoms with Crippen LogP contribution in [0.2, 0.25) is 0 Å². The number of likely N-dealkylation sites (N-methyl/N-ethyl adjacent to an activating group) is 1. The standard InChI is InChI=1S/C22H20FN3O5S/c1-26(19-10-31-20-5-11(32(2,28)29)3-4-12(19)20)22(27)14-6-13-15-8-30-9-16(15)21(24)25-18(13)7-17(14)23/h3-7,19H,8-10H2,1-2H3,(H2,24,25)/t19-/m0/s1. The molecule has 2 aliphatic rings. The number of carbonyl (C=O) groups is 1. The van der Waals surface area contributed by atoms with E-state index in [9.17, 15) is 17.6 Å². The maximum atomic E-state index is 14.9. The van der Waals surface area contributed by atoms with E-state index in [4.69, 9.17) is 15.2 Å². The number of rotatable bonds is 3. The van der Waals surface area contributed by atoms with Crippen LogP contribution in [0.5, 0.6) is 5.75 Å². The van der Waals surface area contributed by atoms with Gasteiger partial charge in [0.2, 0.25) is 0 Å². The lowest BCUT2D eigenvalue weighted by Gasteiger charge is -2.24. The maximum Gasteiger partial charge on any atom is 0.257 e. The first-order chi connectivity index (χ1) is 15.1. The molecule has 2 aromatic carbocycles. The Kier molecular flexibility index (Phi) is 4.61. The van der Waals surface area contributed by atoms with E-state index in [2.05, 4.69) is 4.98 Å². The highest BCUT2D eigenvalue weighted by Crippen LogP contribution is 2.38. The molecular weight excluding hydrogens is 437 g/mol. The molecule has 1 aromatic heterocycles. The Morgan fingerprint density at radius 1 is 1.22 bits per heavy atom. The number of nitrogens with zero attached hydrogens (tertiary/aromatic N) is 2. The quantitative estimate of drug-likeness (QED) is 0.643. The number of anilines is 1. The van der Waals surface area contributed by atoms with Gasteiger partial charge in [0.15, 0.2) is 9.84 Å². The minimum atomic E-state index is -3.39. The fourth-order valence-electron chi connectivity index (χ4n) is 4.21. The van der Waals surface area contributed by atoms with Crippen molar-refractivity contribution in [1.29, 1.82) is 0 Å². The van der Waals surface area contributed by atoms with Gasteiger partial charge in [-0.15, -0.1) is 0 Å². The predicted octanol–water partition coefficient (Wildman–Crippen LogP) is 2.60. The maximum absolute atomic E-state index is 14.9. The van der Waals surface area contributed by atoms with Gasteiger partial charge in [-0.1, -0.05) is 6.07 Å². The molecule has 0 fully saturated rings. The van der Waals surface area contributed by atoms with Gasteiger partial charge in [-0.05, 0) is 23.8 Å². The molecule has 0 saturated heterocycles. The summed E-state index contributed by atoms with van der Waals surface area (Å²) in [5.41, 5.74) is 8.47. The molecule has 10 heteroatoms. The molecule has 2 aliphatic heterocycles. The van der Waals surface area contributed by atoms with Crippen LogP contribution < -0.4 is 10.5 Å². The first kappa shape index (κ1) is 20.7. The van der Waals surface area contributed by atoms with Gasteiger partial charge in [0, 0.05) is 35.9 Å². The molecule has 32 heavy (non-hydrogen) atoms. The summed E-state index contributed by atoms with van der Waals surface area (Å²) in [6.45, 7) is 0.789. The Hall–Kier alpha value is -3.24. The summed E-state index contributed by atoms with van der Waals surface area (Å²) in [7, 11) is -1.83. The lowest BCUT2D eigenvalue weighted by molar-refractivity contribution is 0.0704. The third-order valence-electron chi connectivity index (χ3n) is 6.00. The fourth-order valence-corrected chi connectivity index (χ4v) is 4.85. The minimum absolute atomic E-state index is 0.0955. The number of ether oxygens (including phenoxy) is 2.